The molecule has 29 heavy (non-hydrogen) atoms. The number of anilines is 1. The number of primary amides is 1. The summed E-state index contributed by atoms with van der Waals surface area (Å²) in [6.07, 6.45) is 1.74. The van der Waals surface area contributed by atoms with E-state index in [1.165, 1.54) is 11.8 Å². The van der Waals surface area contributed by atoms with Crippen LogP contribution in [0.1, 0.15) is 10.4 Å². The molecular weight excluding hydrogens is 410 g/mol. The van der Waals surface area contributed by atoms with Gasteiger partial charge in [-0.2, -0.15) is 0 Å². The molecule has 0 aliphatic carbocycles. The van der Waals surface area contributed by atoms with Crippen molar-refractivity contribution in [2.75, 3.05) is 11.1 Å². The summed E-state index contributed by atoms with van der Waals surface area (Å²) in [6, 6.07) is 13.7. The predicted octanol–water partition coefficient (Wildman–Crippen LogP) is 3.61. The SMILES string of the molecule is C=CCn1c(SCC(=O)Nc2ccc(C(N)=O)cc2)nnc1-c1cccc(Cl)c1. The number of hydrogen-bond donors (Lipinski definition) is 2. The predicted molar refractivity (Wildman–Crippen MR) is 115 cm³/mol. The molecular formula is C20H18ClN5O2S. The maximum Gasteiger partial charge on any atom is 0.248 e. The summed E-state index contributed by atoms with van der Waals surface area (Å²) in [5, 5.41) is 12.4. The lowest BCUT2D eigenvalue weighted by molar-refractivity contribution is -0.113. The van der Waals surface area contributed by atoms with Gasteiger partial charge in [0.1, 0.15) is 0 Å². The van der Waals surface area contributed by atoms with Crippen LogP contribution in [-0.2, 0) is 11.3 Å². The van der Waals surface area contributed by atoms with Crippen LogP contribution in [-0.4, -0.2) is 32.3 Å². The molecule has 2 aromatic carbocycles. The van der Waals surface area contributed by atoms with Crippen LogP contribution < -0.4 is 11.1 Å². The Labute approximate surface area is 177 Å². The van der Waals surface area contributed by atoms with Gasteiger partial charge in [0.05, 0.1) is 5.75 Å². The first-order valence-electron chi connectivity index (χ1n) is 8.60. The van der Waals surface area contributed by atoms with Crippen molar-refractivity contribution in [1.82, 2.24) is 14.8 Å². The first-order valence-corrected chi connectivity index (χ1v) is 9.97. The molecule has 3 rings (SSSR count). The van der Waals surface area contributed by atoms with E-state index in [0.717, 1.165) is 5.56 Å². The van der Waals surface area contributed by atoms with Gasteiger partial charge in [-0.15, -0.1) is 16.8 Å². The molecule has 0 bridgehead atoms. The average molecular weight is 428 g/mol. The van der Waals surface area contributed by atoms with Crippen LogP contribution in [0.4, 0.5) is 5.69 Å². The highest BCUT2D eigenvalue weighted by Gasteiger charge is 2.15. The van der Waals surface area contributed by atoms with Gasteiger partial charge >= 0.3 is 0 Å². The van der Waals surface area contributed by atoms with Crippen molar-refractivity contribution in [3.63, 3.8) is 0 Å². The number of allylic oxidation sites excluding steroid dienone is 1. The smallest absolute Gasteiger partial charge is 0.248 e. The Hall–Kier alpha value is -3.10. The normalized spacial score (nSPS) is 10.5. The van der Waals surface area contributed by atoms with E-state index in [4.69, 9.17) is 17.3 Å². The number of nitrogens with two attached hydrogens (primary N) is 1. The molecule has 3 N–H and O–H groups in total. The Morgan fingerprint density at radius 3 is 2.62 bits per heavy atom. The summed E-state index contributed by atoms with van der Waals surface area (Å²) in [4.78, 5) is 23.4. The molecule has 1 heterocycles. The molecule has 0 saturated carbocycles. The van der Waals surface area contributed by atoms with Gasteiger partial charge in [0.15, 0.2) is 11.0 Å². The van der Waals surface area contributed by atoms with Crippen LogP contribution in [0.5, 0.6) is 0 Å². The van der Waals surface area contributed by atoms with Crippen molar-refractivity contribution < 1.29 is 9.59 Å². The van der Waals surface area contributed by atoms with Crippen LogP contribution in [0, 0.1) is 0 Å². The van der Waals surface area contributed by atoms with Crippen molar-refractivity contribution in [2.24, 2.45) is 5.73 Å². The fourth-order valence-corrected chi connectivity index (χ4v) is 3.51. The summed E-state index contributed by atoms with van der Waals surface area (Å²) in [5.74, 6) is 0.0645. The van der Waals surface area contributed by atoms with Gasteiger partial charge in [0, 0.05) is 28.4 Å². The minimum atomic E-state index is -0.518. The standard InChI is InChI=1S/C20H18ClN5O2S/c1-2-10-26-19(14-4-3-5-15(21)11-14)24-25-20(26)29-12-17(27)23-16-8-6-13(7-9-16)18(22)28/h2-9,11H,1,10,12H2,(H2,22,28)(H,23,27). The number of nitrogens with zero attached hydrogens (tertiary/aromatic N) is 3. The zero-order chi connectivity index (χ0) is 20.8. The fourth-order valence-electron chi connectivity index (χ4n) is 2.58. The summed E-state index contributed by atoms with van der Waals surface area (Å²) in [6.45, 7) is 4.27. The van der Waals surface area contributed by atoms with E-state index in [-0.39, 0.29) is 11.7 Å². The van der Waals surface area contributed by atoms with Crippen LogP contribution in [0.3, 0.4) is 0 Å². The number of rotatable bonds is 8. The Morgan fingerprint density at radius 1 is 1.21 bits per heavy atom. The number of aromatic nitrogens is 3. The summed E-state index contributed by atoms with van der Waals surface area (Å²) in [7, 11) is 0. The molecule has 1 aromatic heterocycles. The number of hydrogen-bond acceptors (Lipinski definition) is 5. The lowest BCUT2D eigenvalue weighted by Gasteiger charge is -2.08. The first kappa shape index (κ1) is 20.6. The topological polar surface area (TPSA) is 103 Å². The highest BCUT2D eigenvalue weighted by Crippen LogP contribution is 2.26. The lowest BCUT2D eigenvalue weighted by atomic mass is 10.2. The lowest BCUT2D eigenvalue weighted by Crippen LogP contribution is -2.15. The Morgan fingerprint density at radius 2 is 1.97 bits per heavy atom. The van der Waals surface area contributed by atoms with E-state index in [0.29, 0.717) is 33.8 Å². The van der Waals surface area contributed by atoms with Crippen LogP contribution in [0.15, 0.2) is 66.3 Å². The zero-order valence-corrected chi connectivity index (χ0v) is 16.9. The molecule has 148 valence electrons. The number of halogens is 1. The fraction of sp³-hybridized carbons (Fsp3) is 0.100. The molecule has 0 radical (unpaired) electrons. The first-order chi connectivity index (χ1) is 14.0. The second-order valence-corrected chi connectivity index (χ2v) is 7.37. The van der Waals surface area contributed by atoms with Crippen molar-refractivity contribution in [3.05, 3.63) is 71.8 Å². The van der Waals surface area contributed by atoms with Crippen molar-refractivity contribution >= 4 is 40.9 Å². The zero-order valence-electron chi connectivity index (χ0n) is 15.3. The highest BCUT2D eigenvalue weighted by atomic mass is 35.5. The molecule has 0 unspecified atom stereocenters. The van der Waals surface area contributed by atoms with Gasteiger partial charge in [-0.05, 0) is 36.4 Å². The second-order valence-electron chi connectivity index (χ2n) is 5.99. The Bertz CT molecular complexity index is 1050. The number of carbonyl (C=O) groups excluding carboxylic acids is 2. The van der Waals surface area contributed by atoms with Gasteiger partial charge in [-0.3, -0.25) is 14.2 Å². The van der Waals surface area contributed by atoms with E-state index in [1.807, 2.05) is 22.8 Å². The Balaban J connectivity index is 1.69. The number of nitrogens with one attached hydrogen (secondary N) is 1. The minimum Gasteiger partial charge on any atom is -0.366 e. The summed E-state index contributed by atoms with van der Waals surface area (Å²) >= 11 is 7.34. The molecule has 0 atom stereocenters. The van der Waals surface area contributed by atoms with Gasteiger partial charge < -0.3 is 11.1 Å². The maximum atomic E-state index is 12.3. The molecule has 3 aromatic rings. The third-order valence-corrected chi connectivity index (χ3v) is 5.10. The van der Waals surface area contributed by atoms with Crippen molar-refractivity contribution in [2.45, 2.75) is 11.7 Å². The van der Waals surface area contributed by atoms with E-state index in [1.54, 1.807) is 36.4 Å². The number of benzene rings is 2. The van der Waals surface area contributed by atoms with Crippen LogP contribution in [0.2, 0.25) is 5.02 Å². The monoisotopic (exact) mass is 427 g/mol. The van der Waals surface area contributed by atoms with Crippen molar-refractivity contribution in [1.29, 1.82) is 0 Å². The number of carbonyl (C=O) groups is 2. The number of amides is 2. The van der Waals surface area contributed by atoms with Gasteiger partial charge in [-0.1, -0.05) is 41.6 Å². The second kappa shape index (κ2) is 9.40. The molecule has 0 fully saturated rings. The van der Waals surface area contributed by atoms with E-state index >= 15 is 0 Å². The largest absolute Gasteiger partial charge is 0.366 e. The Kier molecular flexibility index (Phi) is 6.69. The molecule has 0 spiro atoms. The quantitative estimate of drug-likeness (QED) is 0.422. The number of thioether (sulfide) groups is 1. The minimum absolute atomic E-state index is 0.141. The van der Waals surface area contributed by atoms with E-state index in [9.17, 15) is 9.59 Å². The third kappa shape index (κ3) is 5.24. The van der Waals surface area contributed by atoms with E-state index in [2.05, 4.69) is 22.1 Å². The van der Waals surface area contributed by atoms with Gasteiger partial charge in [0.25, 0.3) is 0 Å². The van der Waals surface area contributed by atoms with E-state index < -0.39 is 5.91 Å². The molecule has 0 aliphatic heterocycles. The molecule has 0 aliphatic rings. The van der Waals surface area contributed by atoms with Gasteiger partial charge in [0.2, 0.25) is 11.8 Å². The summed E-state index contributed by atoms with van der Waals surface area (Å²) in [5.41, 5.74) is 7.00. The third-order valence-electron chi connectivity index (χ3n) is 3.90. The summed E-state index contributed by atoms with van der Waals surface area (Å²) < 4.78 is 1.87. The molecule has 9 heteroatoms. The van der Waals surface area contributed by atoms with Crippen molar-refractivity contribution in [3.8, 4) is 11.4 Å². The van der Waals surface area contributed by atoms with Crippen LogP contribution >= 0.6 is 23.4 Å². The maximum absolute atomic E-state index is 12.3. The average Bonchev–Trinajstić information content (AvgIpc) is 3.10. The molecule has 0 saturated heterocycles. The van der Waals surface area contributed by atoms with Gasteiger partial charge in [-0.25, -0.2) is 0 Å². The highest BCUT2D eigenvalue weighted by molar-refractivity contribution is 7.99. The van der Waals surface area contributed by atoms with Crippen LogP contribution in [0.25, 0.3) is 11.4 Å². The molecule has 2 amide bonds. The molecule has 7 nitrogen and oxygen atoms in total.